The summed E-state index contributed by atoms with van der Waals surface area (Å²) in [5.41, 5.74) is 3.03. The van der Waals surface area contributed by atoms with Crippen LogP contribution in [0.15, 0.2) is 67.6 Å². The molecule has 0 bridgehead atoms. The van der Waals surface area contributed by atoms with Crippen LogP contribution in [-0.2, 0) is 4.79 Å². The first-order valence-corrected chi connectivity index (χ1v) is 11.1. The molecule has 1 aliphatic heterocycles. The SMILES string of the molecule is C=CC(=O)Nc1cc(Nc2ncn3ncc(-c4cccc(F)c4)c3n2)ccc1OC1CCN(C)C1. The van der Waals surface area contributed by atoms with Crippen molar-refractivity contribution in [3.8, 4) is 16.9 Å². The van der Waals surface area contributed by atoms with Crippen molar-refractivity contribution in [1.29, 1.82) is 0 Å². The minimum atomic E-state index is -0.341. The fourth-order valence-corrected chi connectivity index (χ4v) is 4.00. The molecule has 0 saturated carbocycles. The van der Waals surface area contributed by atoms with Crippen LogP contribution in [0.1, 0.15) is 6.42 Å². The predicted octanol–water partition coefficient (Wildman–Crippen LogP) is 3.88. The highest BCUT2D eigenvalue weighted by molar-refractivity contribution is 6.00. The molecule has 1 atom stereocenters. The number of hydrogen-bond donors (Lipinski definition) is 2. The molecule has 0 spiro atoms. The van der Waals surface area contributed by atoms with E-state index in [0.29, 0.717) is 39.8 Å². The zero-order valence-corrected chi connectivity index (χ0v) is 19.1. The Balaban J connectivity index is 1.43. The summed E-state index contributed by atoms with van der Waals surface area (Å²) in [6, 6.07) is 11.6. The van der Waals surface area contributed by atoms with Gasteiger partial charge in [0.05, 0.1) is 11.9 Å². The molecule has 9 nitrogen and oxygen atoms in total. The molecule has 1 fully saturated rings. The highest BCUT2D eigenvalue weighted by Crippen LogP contribution is 2.32. The summed E-state index contributed by atoms with van der Waals surface area (Å²) in [6.45, 7) is 5.31. The molecule has 1 unspecified atom stereocenters. The van der Waals surface area contributed by atoms with E-state index >= 15 is 0 Å². The van der Waals surface area contributed by atoms with Crippen molar-refractivity contribution in [3.05, 3.63) is 73.5 Å². The average molecular weight is 474 g/mol. The number of hydrogen-bond acceptors (Lipinski definition) is 7. The maximum Gasteiger partial charge on any atom is 0.247 e. The van der Waals surface area contributed by atoms with Gasteiger partial charge in [0.1, 0.15) is 24.0 Å². The summed E-state index contributed by atoms with van der Waals surface area (Å²) in [5, 5.41) is 10.2. The third-order valence-corrected chi connectivity index (χ3v) is 5.73. The van der Waals surface area contributed by atoms with Crippen LogP contribution in [0.25, 0.3) is 16.8 Å². The van der Waals surface area contributed by atoms with Gasteiger partial charge in [-0.3, -0.25) is 4.79 Å². The number of halogens is 1. The Morgan fingerprint density at radius 2 is 2.17 bits per heavy atom. The van der Waals surface area contributed by atoms with Gasteiger partial charge in [0.15, 0.2) is 5.65 Å². The number of likely N-dealkylation sites (tertiary alicyclic amines) is 1. The van der Waals surface area contributed by atoms with E-state index in [1.165, 1.54) is 29.1 Å². The van der Waals surface area contributed by atoms with Crippen LogP contribution in [0.4, 0.5) is 21.7 Å². The Labute approximate surface area is 201 Å². The molecule has 1 aliphatic rings. The van der Waals surface area contributed by atoms with E-state index in [2.05, 4.69) is 37.2 Å². The quantitative estimate of drug-likeness (QED) is 0.393. The van der Waals surface area contributed by atoms with Gasteiger partial charge in [0, 0.05) is 24.3 Å². The lowest BCUT2D eigenvalue weighted by Crippen LogP contribution is -2.22. The van der Waals surface area contributed by atoms with E-state index in [-0.39, 0.29) is 17.8 Å². The van der Waals surface area contributed by atoms with Crippen LogP contribution in [-0.4, -0.2) is 56.6 Å². The number of nitrogens with zero attached hydrogens (tertiary/aromatic N) is 5. The maximum atomic E-state index is 13.7. The van der Waals surface area contributed by atoms with E-state index in [4.69, 9.17) is 4.74 Å². The molecule has 2 aromatic carbocycles. The third kappa shape index (κ3) is 4.97. The second-order valence-electron chi connectivity index (χ2n) is 8.34. The molecule has 1 saturated heterocycles. The summed E-state index contributed by atoms with van der Waals surface area (Å²) in [4.78, 5) is 23.1. The Bertz CT molecular complexity index is 1400. The van der Waals surface area contributed by atoms with Gasteiger partial charge < -0.3 is 20.3 Å². The van der Waals surface area contributed by atoms with Gasteiger partial charge in [0.2, 0.25) is 11.9 Å². The molecule has 2 aromatic heterocycles. The summed E-state index contributed by atoms with van der Waals surface area (Å²) in [5.74, 6) is 0.219. The third-order valence-electron chi connectivity index (χ3n) is 5.73. The fraction of sp³-hybridized carbons (Fsp3) is 0.200. The van der Waals surface area contributed by atoms with Gasteiger partial charge in [-0.2, -0.15) is 10.1 Å². The average Bonchev–Trinajstić information content (AvgIpc) is 3.46. The maximum absolute atomic E-state index is 13.7. The highest BCUT2D eigenvalue weighted by Gasteiger charge is 2.22. The van der Waals surface area contributed by atoms with Crippen molar-refractivity contribution in [3.63, 3.8) is 0 Å². The van der Waals surface area contributed by atoms with Crippen molar-refractivity contribution in [2.75, 3.05) is 30.8 Å². The molecular formula is C25H24FN7O2. The van der Waals surface area contributed by atoms with Crippen LogP contribution in [0, 0.1) is 5.82 Å². The van der Waals surface area contributed by atoms with Gasteiger partial charge in [-0.1, -0.05) is 18.7 Å². The minimum Gasteiger partial charge on any atom is -0.487 e. The Kier molecular flexibility index (Phi) is 6.11. The lowest BCUT2D eigenvalue weighted by Gasteiger charge is -2.18. The van der Waals surface area contributed by atoms with Crippen LogP contribution >= 0.6 is 0 Å². The Morgan fingerprint density at radius 1 is 1.29 bits per heavy atom. The molecule has 35 heavy (non-hydrogen) atoms. The van der Waals surface area contributed by atoms with Crippen LogP contribution in [0.3, 0.4) is 0 Å². The van der Waals surface area contributed by atoms with Crippen molar-refractivity contribution in [2.45, 2.75) is 12.5 Å². The molecular weight excluding hydrogens is 449 g/mol. The molecule has 0 aliphatic carbocycles. The Morgan fingerprint density at radius 3 is 2.94 bits per heavy atom. The first-order chi connectivity index (χ1) is 17.0. The van der Waals surface area contributed by atoms with Crippen LogP contribution in [0.2, 0.25) is 0 Å². The number of fused-ring (bicyclic) bond motifs is 1. The van der Waals surface area contributed by atoms with E-state index < -0.39 is 0 Å². The number of carbonyl (C=O) groups is 1. The number of rotatable bonds is 7. The van der Waals surface area contributed by atoms with Crippen molar-refractivity contribution >= 4 is 28.9 Å². The fourth-order valence-electron chi connectivity index (χ4n) is 4.00. The molecule has 0 radical (unpaired) electrons. The number of benzene rings is 2. The number of nitrogens with one attached hydrogen (secondary N) is 2. The lowest BCUT2D eigenvalue weighted by atomic mass is 10.1. The first kappa shape index (κ1) is 22.5. The van der Waals surface area contributed by atoms with Crippen molar-refractivity contribution in [1.82, 2.24) is 24.5 Å². The van der Waals surface area contributed by atoms with E-state index in [0.717, 1.165) is 19.5 Å². The largest absolute Gasteiger partial charge is 0.487 e. The number of ether oxygens (including phenoxy) is 1. The van der Waals surface area contributed by atoms with Crippen LogP contribution < -0.4 is 15.4 Å². The van der Waals surface area contributed by atoms with E-state index in [1.54, 1.807) is 30.5 Å². The van der Waals surface area contributed by atoms with Crippen molar-refractivity contribution in [2.24, 2.45) is 0 Å². The zero-order valence-electron chi connectivity index (χ0n) is 19.1. The number of likely N-dealkylation sites (N-methyl/N-ethyl adjacent to an activating group) is 1. The second kappa shape index (κ2) is 9.51. The summed E-state index contributed by atoms with van der Waals surface area (Å²) in [6.07, 6.45) is 5.32. The van der Waals surface area contributed by atoms with E-state index in [9.17, 15) is 9.18 Å². The molecule has 10 heteroatoms. The number of carbonyl (C=O) groups excluding carboxylic acids is 1. The second-order valence-corrected chi connectivity index (χ2v) is 8.34. The normalized spacial score (nSPS) is 15.8. The van der Waals surface area contributed by atoms with Gasteiger partial charge in [-0.25, -0.2) is 13.9 Å². The number of amides is 1. The summed E-state index contributed by atoms with van der Waals surface area (Å²) < 4.78 is 21.4. The monoisotopic (exact) mass is 473 g/mol. The molecule has 4 aromatic rings. The number of anilines is 3. The molecule has 2 N–H and O–H groups in total. The van der Waals surface area contributed by atoms with Gasteiger partial charge in [0.25, 0.3) is 0 Å². The van der Waals surface area contributed by atoms with Crippen LogP contribution in [0.5, 0.6) is 5.75 Å². The standard InChI is InChI=1S/C25H24FN7O2/c1-3-23(34)30-21-12-18(7-8-22(21)35-19-9-10-32(2)14-19)29-25-27-15-33-24(31-25)20(13-28-33)16-5-4-6-17(26)11-16/h3-8,11-13,15,19H,1,9-10,14H2,2H3,(H,29,31)(H,30,34). The zero-order chi connectivity index (χ0) is 24.4. The number of aromatic nitrogens is 4. The highest BCUT2D eigenvalue weighted by atomic mass is 19.1. The minimum absolute atomic E-state index is 0.0482. The molecule has 3 heterocycles. The summed E-state index contributed by atoms with van der Waals surface area (Å²) in [7, 11) is 2.05. The molecule has 178 valence electrons. The lowest BCUT2D eigenvalue weighted by molar-refractivity contribution is -0.111. The topological polar surface area (TPSA) is 96.7 Å². The molecule has 5 rings (SSSR count). The summed E-state index contributed by atoms with van der Waals surface area (Å²) >= 11 is 0. The van der Waals surface area contributed by atoms with Gasteiger partial charge in [-0.15, -0.1) is 0 Å². The Hall–Kier alpha value is -4.31. The van der Waals surface area contributed by atoms with Crippen molar-refractivity contribution < 1.29 is 13.9 Å². The van der Waals surface area contributed by atoms with E-state index in [1.807, 2.05) is 13.1 Å². The first-order valence-electron chi connectivity index (χ1n) is 11.1. The predicted molar refractivity (Wildman–Crippen MR) is 131 cm³/mol. The molecule has 1 amide bonds. The smallest absolute Gasteiger partial charge is 0.247 e. The van der Waals surface area contributed by atoms with Gasteiger partial charge >= 0.3 is 0 Å². The van der Waals surface area contributed by atoms with Gasteiger partial charge in [-0.05, 0) is 55.4 Å².